The van der Waals surface area contributed by atoms with Crippen LogP contribution in [0, 0.1) is 12.7 Å². The molecule has 19 heavy (non-hydrogen) atoms. The van der Waals surface area contributed by atoms with Gasteiger partial charge in [0.15, 0.2) is 0 Å². The van der Waals surface area contributed by atoms with E-state index in [1.165, 1.54) is 0 Å². The molecule has 3 heteroatoms. The summed E-state index contributed by atoms with van der Waals surface area (Å²) in [5.41, 5.74) is 1.87. The van der Waals surface area contributed by atoms with E-state index < -0.39 is 0 Å². The van der Waals surface area contributed by atoms with Crippen LogP contribution in [0.3, 0.4) is 0 Å². The number of hydrogen-bond acceptors (Lipinski definition) is 2. The molecule has 0 bridgehead atoms. The van der Waals surface area contributed by atoms with Gasteiger partial charge in [-0.3, -0.25) is 0 Å². The summed E-state index contributed by atoms with van der Waals surface area (Å²) in [5.74, 6) is -0.136. The van der Waals surface area contributed by atoms with Crippen LogP contribution in [0.25, 0.3) is 0 Å². The molecule has 2 unspecified atom stereocenters. The van der Waals surface area contributed by atoms with Crippen LogP contribution in [0.1, 0.15) is 50.3 Å². The summed E-state index contributed by atoms with van der Waals surface area (Å²) < 4.78 is 18.6. The minimum atomic E-state index is -0.136. The summed E-state index contributed by atoms with van der Waals surface area (Å²) in [6.07, 6.45) is 3.35. The van der Waals surface area contributed by atoms with E-state index in [1.807, 2.05) is 19.1 Å². The fourth-order valence-electron chi connectivity index (χ4n) is 2.11. The number of rotatable bonds is 8. The van der Waals surface area contributed by atoms with Gasteiger partial charge < -0.3 is 10.1 Å². The first-order chi connectivity index (χ1) is 9.08. The van der Waals surface area contributed by atoms with Crippen molar-refractivity contribution in [3.8, 4) is 0 Å². The van der Waals surface area contributed by atoms with Gasteiger partial charge in [0.25, 0.3) is 0 Å². The Balaban J connectivity index is 2.73. The number of ether oxygens (including phenoxy) is 1. The van der Waals surface area contributed by atoms with E-state index in [9.17, 15) is 4.39 Å². The number of halogens is 1. The van der Waals surface area contributed by atoms with Crippen molar-refractivity contribution < 1.29 is 9.13 Å². The number of benzene rings is 1. The van der Waals surface area contributed by atoms with Crippen LogP contribution in [0.15, 0.2) is 18.2 Å². The van der Waals surface area contributed by atoms with Crippen molar-refractivity contribution in [1.82, 2.24) is 5.32 Å². The molecule has 0 aliphatic rings. The Kier molecular flexibility index (Phi) is 7.03. The van der Waals surface area contributed by atoms with Gasteiger partial charge in [0.2, 0.25) is 0 Å². The maximum atomic E-state index is 13.3. The van der Waals surface area contributed by atoms with E-state index in [1.54, 1.807) is 13.2 Å². The smallest absolute Gasteiger partial charge is 0.126 e. The number of aryl methyl sites for hydroxylation is 1. The Morgan fingerprint density at radius 2 is 2.05 bits per heavy atom. The summed E-state index contributed by atoms with van der Waals surface area (Å²) in [6.45, 7) is 7.01. The third kappa shape index (κ3) is 5.29. The Hall–Kier alpha value is -0.930. The zero-order valence-electron chi connectivity index (χ0n) is 12.5. The first-order valence-electron chi connectivity index (χ1n) is 7.10. The van der Waals surface area contributed by atoms with Crippen molar-refractivity contribution in [3.05, 3.63) is 35.1 Å². The van der Waals surface area contributed by atoms with Crippen molar-refractivity contribution >= 4 is 0 Å². The van der Waals surface area contributed by atoms with Gasteiger partial charge in [0, 0.05) is 13.2 Å². The van der Waals surface area contributed by atoms with Crippen molar-refractivity contribution in [1.29, 1.82) is 0 Å². The van der Waals surface area contributed by atoms with Gasteiger partial charge in [-0.1, -0.05) is 19.1 Å². The van der Waals surface area contributed by atoms with E-state index in [-0.39, 0.29) is 18.0 Å². The summed E-state index contributed by atoms with van der Waals surface area (Å²) in [7, 11) is 1.74. The van der Waals surface area contributed by atoms with E-state index in [0.29, 0.717) is 5.56 Å². The van der Waals surface area contributed by atoms with Crippen LogP contribution in [0.5, 0.6) is 0 Å². The normalized spacial score (nSPS) is 14.4. The molecule has 0 heterocycles. The molecule has 0 radical (unpaired) electrons. The zero-order chi connectivity index (χ0) is 14.3. The van der Waals surface area contributed by atoms with Gasteiger partial charge in [-0.25, -0.2) is 4.39 Å². The molecule has 1 aromatic carbocycles. The predicted molar refractivity (Wildman–Crippen MR) is 77.9 cm³/mol. The molecule has 0 spiro atoms. The molecule has 0 saturated carbocycles. The molecule has 1 aromatic rings. The highest BCUT2D eigenvalue weighted by Crippen LogP contribution is 2.22. The van der Waals surface area contributed by atoms with E-state index >= 15 is 0 Å². The molecular weight excluding hydrogens is 241 g/mol. The second-order valence-corrected chi connectivity index (χ2v) is 5.14. The topological polar surface area (TPSA) is 21.3 Å². The lowest BCUT2D eigenvalue weighted by molar-refractivity contribution is 0.106. The zero-order valence-corrected chi connectivity index (χ0v) is 12.5. The third-order valence-corrected chi connectivity index (χ3v) is 3.49. The molecule has 0 amide bonds. The summed E-state index contributed by atoms with van der Waals surface area (Å²) in [4.78, 5) is 0. The fraction of sp³-hybridized carbons (Fsp3) is 0.625. The van der Waals surface area contributed by atoms with E-state index in [2.05, 4.69) is 19.2 Å². The van der Waals surface area contributed by atoms with E-state index in [0.717, 1.165) is 31.4 Å². The minimum Gasteiger partial charge on any atom is -0.382 e. The molecule has 0 saturated heterocycles. The van der Waals surface area contributed by atoms with E-state index in [4.69, 9.17) is 4.74 Å². The van der Waals surface area contributed by atoms with Crippen LogP contribution < -0.4 is 5.32 Å². The Bertz CT molecular complexity index is 381. The van der Waals surface area contributed by atoms with Crippen molar-refractivity contribution in [2.75, 3.05) is 13.7 Å². The van der Waals surface area contributed by atoms with Gasteiger partial charge in [-0.05, 0) is 56.8 Å². The number of methoxy groups -OCH3 is 1. The highest BCUT2D eigenvalue weighted by Gasteiger charge is 2.13. The Labute approximate surface area is 116 Å². The maximum Gasteiger partial charge on any atom is 0.126 e. The van der Waals surface area contributed by atoms with Crippen LogP contribution in [0.4, 0.5) is 4.39 Å². The number of nitrogens with one attached hydrogen (secondary N) is 1. The van der Waals surface area contributed by atoms with Gasteiger partial charge in [0.05, 0.1) is 6.10 Å². The monoisotopic (exact) mass is 267 g/mol. The molecule has 0 aliphatic heterocycles. The van der Waals surface area contributed by atoms with Crippen LogP contribution >= 0.6 is 0 Å². The molecule has 2 atom stereocenters. The summed E-state index contributed by atoms with van der Waals surface area (Å²) in [6, 6.07) is 5.66. The van der Waals surface area contributed by atoms with Crippen molar-refractivity contribution in [3.63, 3.8) is 0 Å². The molecule has 108 valence electrons. The van der Waals surface area contributed by atoms with Gasteiger partial charge >= 0.3 is 0 Å². The molecule has 1 rings (SSSR count). The Morgan fingerprint density at radius 3 is 2.63 bits per heavy atom. The molecule has 2 nitrogen and oxygen atoms in total. The van der Waals surface area contributed by atoms with Crippen molar-refractivity contribution in [2.45, 2.75) is 52.2 Å². The average Bonchev–Trinajstić information content (AvgIpc) is 2.42. The second kappa shape index (κ2) is 8.28. The summed E-state index contributed by atoms with van der Waals surface area (Å²) in [5, 5.41) is 3.53. The van der Waals surface area contributed by atoms with Crippen LogP contribution in [-0.4, -0.2) is 19.8 Å². The highest BCUT2D eigenvalue weighted by molar-refractivity contribution is 5.26. The predicted octanol–water partition coefficient (Wildman–Crippen LogP) is 3.99. The molecule has 0 aromatic heterocycles. The van der Waals surface area contributed by atoms with Gasteiger partial charge in [0.1, 0.15) is 5.82 Å². The first-order valence-corrected chi connectivity index (χ1v) is 7.10. The Morgan fingerprint density at radius 1 is 1.32 bits per heavy atom. The summed E-state index contributed by atoms with van der Waals surface area (Å²) >= 11 is 0. The first kappa shape index (κ1) is 16.1. The quantitative estimate of drug-likeness (QED) is 0.769. The SMILES string of the molecule is CCCNC(CCC(C)OC)c1ccc(F)c(C)c1. The lowest BCUT2D eigenvalue weighted by atomic mass is 9.98. The van der Waals surface area contributed by atoms with Crippen LogP contribution in [-0.2, 0) is 4.74 Å². The third-order valence-electron chi connectivity index (χ3n) is 3.49. The fourth-order valence-corrected chi connectivity index (χ4v) is 2.11. The lowest BCUT2D eigenvalue weighted by Crippen LogP contribution is -2.23. The average molecular weight is 267 g/mol. The highest BCUT2D eigenvalue weighted by atomic mass is 19.1. The van der Waals surface area contributed by atoms with Gasteiger partial charge in [-0.15, -0.1) is 0 Å². The van der Waals surface area contributed by atoms with Crippen molar-refractivity contribution in [2.24, 2.45) is 0 Å². The maximum absolute atomic E-state index is 13.3. The minimum absolute atomic E-state index is 0.136. The number of hydrogen-bond donors (Lipinski definition) is 1. The molecule has 1 N–H and O–H groups in total. The molecule has 0 fully saturated rings. The molecule has 0 aliphatic carbocycles. The molecular formula is C16H26FNO. The van der Waals surface area contributed by atoms with Gasteiger partial charge in [-0.2, -0.15) is 0 Å². The standard InChI is InChI=1S/C16H26FNO/c1-5-10-18-16(9-6-13(3)19-4)14-7-8-15(17)12(2)11-14/h7-8,11,13,16,18H,5-6,9-10H2,1-4H3. The van der Waals surface area contributed by atoms with Crippen LogP contribution in [0.2, 0.25) is 0 Å². The lowest BCUT2D eigenvalue weighted by Gasteiger charge is -2.21. The second-order valence-electron chi connectivity index (χ2n) is 5.14. The largest absolute Gasteiger partial charge is 0.382 e.